The molecule has 118 valence electrons. The van der Waals surface area contributed by atoms with Crippen LogP contribution in [0.4, 0.5) is 0 Å². The van der Waals surface area contributed by atoms with Gasteiger partial charge in [0, 0.05) is 17.6 Å². The number of esters is 1. The zero-order chi connectivity index (χ0) is 15.7. The molecule has 1 saturated carbocycles. The van der Waals surface area contributed by atoms with Crippen LogP contribution in [0.25, 0.3) is 0 Å². The topological polar surface area (TPSA) is 46.6 Å². The summed E-state index contributed by atoms with van der Waals surface area (Å²) in [4.78, 5) is 26.4. The van der Waals surface area contributed by atoms with Crippen molar-refractivity contribution < 1.29 is 14.3 Å². The molecule has 1 saturated heterocycles. The summed E-state index contributed by atoms with van der Waals surface area (Å²) < 4.78 is 4.69. The molecule has 22 heavy (non-hydrogen) atoms. The summed E-state index contributed by atoms with van der Waals surface area (Å²) in [6.07, 6.45) is 6.01. The van der Waals surface area contributed by atoms with Crippen LogP contribution >= 0.6 is 0 Å². The van der Waals surface area contributed by atoms with Crippen LogP contribution in [0.3, 0.4) is 0 Å². The van der Waals surface area contributed by atoms with Gasteiger partial charge in [0.2, 0.25) is 0 Å². The van der Waals surface area contributed by atoms with Gasteiger partial charge in [0.25, 0.3) is 5.91 Å². The molecule has 1 aliphatic heterocycles. The summed E-state index contributed by atoms with van der Waals surface area (Å²) in [6, 6.07) is 7.50. The standard InChI is InChI=1S/C18H23NO3/c1-12-11-15-5-3-4-6-16(15)19(12)17(20)13-7-9-14(10-8-13)18(21)22-2/h7-10,12,15-16H,3-6,11H2,1-2H3. The van der Waals surface area contributed by atoms with Crippen LogP contribution in [-0.2, 0) is 4.74 Å². The van der Waals surface area contributed by atoms with Crippen molar-refractivity contribution in [3.63, 3.8) is 0 Å². The van der Waals surface area contributed by atoms with Gasteiger partial charge in [0.05, 0.1) is 12.7 Å². The van der Waals surface area contributed by atoms with E-state index in [4.69, 9.17) is 0 Å². The van der Waals surface area contributed by atoms with E-state index in [0.717, 1.165) is 12.8 Å². The average molecular weight is 301 g/mol. The molecule has 0 radical (unpaired) electrons. The zero-order valence-corrected chi connectivity index (χ0v) is 13.2. The highest BCUT2D eigenvalue weighted by Gasteiger charge is 2.42. The van der Waals surface area contributed by atoms with Crippen molar-refractivity contribution >= 4 is 11.9 Å². The van der Waals surface area contributed by atoms with Crippen molar-refractivity contribution in [2.75, 3.05) is 7.11 Å². The number of hydrogen-bond donors (Lipinski definition) is 0. The van der Waals surface area contributed by atoms with Gasteiger partial charge >= 0.3 is 5.97 Å². The number of carbonyl (C=O) groups excluding carboxylic acids is 2. The molecule has 3 atom stereocenters. The molecule has 3 unspecified atom stereocenters. The minimum atomic E-state index is -0.374. The summed E-state index contributed by atoms with van der Waals surface area (Å²) >= 11 is 0. The van der Waals surface area contributed by atoms with Crippen LogP contribution in [0, 0.1) is 5.92 Å². The molecule has 0 bridgehead atoms. The number of nitrogens with zero attached hydrogens (tertiary/aromatic N) is 1. The number of hydrogen-bond acceptors (Lipinski definition) is 3. The van der Waals surface area contributed by atoms with Crippen LogP contribution < -0.4 is 0 Å². The van der Waals surface area contributed by atoms with Gasteiger partial charge in [-0.05, 0) is 56.4 Å². The summed E-state index contributed by atoms with van der Waals surface area (Å²) in [5.41, 5.74) is 1.13. The Morgan fingerprint density at radius 2 is 1.73 bits per heavy atom. The number of ether oxygens (including phenoxy) is 1. The van der Waals surface area contributed by atoms with Crippen LogP contribution in [0.5, 0.6) is 0 Å². The van der Waals surface area contributed by atoms with Crippen LogP contribution in [-0.4, -0.2) is 36.0 Å². The van der Waals surface area contributed by atoms with E-state index >= 15 is 0 Å². The van der Waals surface area contributed by atoms with E-state index in [2.05, 4.69) is 16.6 Å². The lowest BCUT2D eigenvalue weighted by Crippen LogP contribution is -2.42. The van der Waals surface area contributed by atoms with E-state index in [1.54, 1.807) is 24.3 Å². The summed E-state index contributed by atoms with van der Waals surface area (Å²) in [5.74, 6) is 0.390. The predicted octanol–water partition coefficient (Wildman–Crippen LogP) is 3.27. The van der Waals surface area contributed by atoms with Gasteiger partial charge in [-0.2, -0.15) is 0 Å². The third-order valence-electron chi connectivity index (χ3n) is 5.13. The second-order valence-electron chi connectivity index (χ2n) is 6.48. The second-order valence-corrected chi connectivity index (χ2v) is 6.48. The number of amides is 1. The normalized spacial score (nSPS) is 27.4. The molecule has 3 rings (SSSR count). The van der Waals surface area contributed by atoms with E-state index in [9.17, 15) is 9.59 Å². The molecule has 0 aromatic heterocycles. The highest BCUT2D eigenvalue weighted by atomic mass is 16.5. The fraction of sp³-hybridized carbons (Fsp3) is 0.556. The van der Waals surface area contributed by atoms with Gasteiger partial charge in [-0.3, -0.25) is 4.79 Å². The number of rotatable bonds is 2. The van der Waals surface area contributed by atoms with E-state index in [-0.39, 0.29) is 11.9 Å². The first-order valence-corrected chi connectivity index (χ1v) is 8.13. The lowest BCUT2D eigenvalue weighted by molar-refractivity contribution is 0.0596. The molecule has 1 amide bonds. The second kappa shape index (κ2) is 6.11. The zero-order valence-electron chi connectivity index (χ0n) is 13.2. The lowest BCUT2D eigenvalue weighted by atomic mass is 9.85. The maximum Gasteiger partial charge on any atom is 0.337 e. The Morgan fingerprint density at radius 1 is 1.09 bits per heavy atom. The highest BCUT2D eigenvalue weighted by Crippen LogP contribution is 2.40. The Balaban J connectivity index is 1.79. The van der Waals surface area contributed by atoms with Gasteiger partial charge in [0.1, 0.15) is 0 Å². The van der Waals surface area contributed by atoms with Crippen LogP contribution in [0.15, 0.2) is 24.3 Å². The Hall–Kier alpha value is -1.84. The Bertz CT molecular complexity index is 566. The number of fused-ring (bicyclic) bond motifs is 1. The van der Waals surface area contributed by atoms with Crippen LogP contribution in [0.2, 0.25) is 0 Å². The van der Waals surface area contributed by atoms with Crippen molar-refractivity contribution in [3.05, 3.63) is 35.4 Å². The first-order chi connectivity index (χ1) is 10.6. The molecular weight excluding hydrogens is 278 g/mol. The molecule has 0 spiro atoms. The van der Waals surface area contributed by atoms with Crippen molar-refractivity contribution in [2.45, 2.75) is 51.1 Å². The molecule has 1 aliphatic carbocycles. The first-order valence-electron chi connectivity index (χ1n) is 8.13. The highest BCUT2D eigenvalue weighted by molar-refractivity contribution is 5.96. The van der Waals surface area contributed by atoms with Crippen molar-refractivity contribution in [1.29, 1.82) is 0 Å². The van der Waals surface area contributed by atoms with E-state index in [0.29, 0.717) is 29.1 Å². The third-order valence-corrected chi connectivity index (χ3v) is 5.13. The first kappa shape index (κ1) is 15.1. The van der Waals surface area contributed by atoms with E-state index in [1.807, 2.05) is 0 Å². The summed E-state index contributed by atoms with van der Waals surface area (Å²) in [6.45, 7) is 2.15. The van der Waals surface area contributed by atoms with E-state index in [1.165, 1.54) is 26.4 Å². The molecular formula is C18H23NO3. The minimum Gasteiger partial charge on any atom is -0.465 e. The maximum atomic E-state index is 12.9. The maximum absolute atomic E-state index is 12.9. The summed E-state index contributed by atoms with van der Waals surface area (Å²) in [5, 5.41) is 0. The largest absolute Gasteiger partial charge is 0.465 e. The Morgan fingerprint density at radius 3 is 2.41 bits per heavy atom. The SMILES string of the molecule is COC(=O)c1ccc(C(=O)N2C(C)CC3CCCCC32)cc1. The average Bonchev–Trinajstić information content (AvgIpc) is 2.89. The summed E-state index contributed by atoms with van der Waals surface area (Å²) in [7, 11) is 1.36. The van der Waals surface area contributed by atoms with Crippen molar-refractivity contribution in [1.82, 2.24) is 4.90 Å². The van der Waals surface area contributed by atoms with E-state index < -0.39 is 0 Å². The smallest absolute Gasteiger partial charge is 0.337 e. The number of likely N-dealkylation sites (tertiary alicyclic amines) is 1. The molecule has 4 heteroatoms. The lowest BCUT2D eigenvalue weighted by Gasteiger charge is -2.33. The molecule has 1 aromatic carbocycles. The molecule has 4 nitrogen and oxygen atoms in total. The van der Waals surface area contributed by atoms with Gasteiger partial charge in [-0.15, -0.1) is 0 Å². The van der Waals surface area contributed by atoms with Crippen LogP contribution in [0.1, 0.15) is 59.7 Å². The van der Waals surface area contributed by atoms with Gasteiger partial charge in [0.15, 0.2) is 0 Å². The fourth-order valence-electron chi connectivity index (χ4n) is 4.07. The Kier molecular flexibility index (Phi) is 4.19. The molecule has 1 aromatic rings. The number of benzene rings is 1. The quantitative estimate of drug-likeness (QED) is 0.788. The number of methoxy groups -OCH3 is 1. The minimum absolute atomic E-state index is 0.0957. The Labute approximate surface area is 131 Å². The van der Waals surface area contributed by atoms with Gasteiger partial charge in [-0.25, -0.2) is 4.79 Å². The van der Waals surface area contributed by atoms with Crippen molar-refractivity contribution in [3.8, 4) is 0 Å². The monoisotopic (exact) mass is 301 g/mol. The fourth-order valence-corrected chi connectivity index (χ4v) is 4.07. The van der Waals surface area contributed by atoms with Gasteiger partial charge < -0.3 is 9.64 Å². The predicted molar refractivity (Wildman–Crippen MR) is 83.8 cm³/mol. The number of carbonyl (C=O) groups is 2. The van der Waals surface area contributed by atoms with Gasteiger partial charge in [-0.1, -0.05) is 12.8 Å². The third kappa shape index (κ3) is 2.62. The molecule has 0 N–H and O–H groups in total. The molecule has 1 heterocycles. The molecule has 2 aliphatic rings. The molecule has 2 fully saturated rings. The van der Waals surface area contributed by atoms with Crippen molar-refractivity contribution in [2.24, 2.45) is 5.92 Å².